The predicted octanol–water partition coefficient (Wildman–Crippen LogP) is 2.60. The topological polar surface area (TPSA) is 107 Å². The first-order valence-electron chi connectivity index (χ1n) is 9.70. The fraction of sp³-hybridized carbons (Fsp3) is 0.350. The zero-order valence-electron chi connectivity index (χ0n) is 17.1. The summed E-state index contributed by atoms with van der Waals surface area (Å²) in [6.45, 7) is 7.03. The van der Waals surface area contributed by atoms with Crippen LogP contribution in [-0.2, 0) is 17.7 Å². The molecule has 0 spiro atoms. The molecule has 10 heteroatoms. The Bertz CT molecular complexity index is 1100. The van der Waals surface area contributed by atoms with E-state index >= 15 is 0 Å². The lowest BCUT2D eigenvalue weighted by Crippen LogP contribution is -2.26. The molecule has 3 aromatic rings. The van der Waals surface area contributed by atoms with Gasteiger partial charge in [0.25, 0.3) is 5.91 Å². The highest BCUT2D eigenvalue weighted by Gasteiger charge is 2.16. The smallest absolute Gasteiger partial charge is 0.341 e. The van der Waals surface area contributed by atoms with Crippen molar-refractivity contribution in [2.24, 2.45) is 0 Å². The van der Waals surface area contributed by atoms with Gasteiger partial charge in [0.15, 0.2) is 4.77 Å². The van der Waals surface area contributed by atoms with Crippen molar-refractivity contribution in [3.05, 3.63) is 57.9 Å². The minimum absolute atomic E-state index is 0.178. The van der Waals surface area contributed by atoms with Crippen molar-refractivity contribution < 1.29 is 14.3 Å². The van der Waals surface area contributed by atoms with Crippen LogP contribution in [0.5, 0.6) is 0 Å². The van der Waals surface area contributed by atoms with Crippen LogP contribution in [0.4, 0.5) is 0 Å². The number of carbonyl (C=O) groups is 2. The lowest BCUT2D eigenvalue weighted by Gasteiger charge is -2.08. The summed E-state index contributed by atoms with van der Waals surface area (Å²) >= 11 is 5.17. The Morgan fingerprint density at radius 2 is 1.97 bits per heavy atom. The van der Waals surface area contributed by atoms with Gasteiger partial charge in [0.2, 0.25) is 0 Å². The molecule has 2 aromatic heterocycles. The average Bonchev–Trinajstić information content (AvgIpc) is 3.30. The van der Waals surface area contributed by atoms with Crippen LogP contribution in [0, 0.1) is 11.7 Å². The summed E-state index contributed by atoms with van der Waals surface area (Å²) in [6.07, 6.45) is 2.06. The molecular weight excluding hydrogens is 404 g/mol. The van der Waals surface area contributed by atoms with E-state index in [0.29, 0.717) is 41.2 Å². The van der Waals surface area contributed by atoms with E-state index in [-0.39, 0.29) is 5.91 Å². The number of hydrogen-bond acceptors (Lipinski definition) is 6. The molecule has 30 heavy (non-hydrogen) atoms. The second-order valence-corrected chi connectivity index (χ2v) is 6.90. The Labute approximate surface area is 179 Å². The first kappa shape index (κ1) is 21.4. The number of H-pyrrole nitrogens is 1. The monoisotopic (exact) mass is 428 g/mol. The maximum Gasteiger partial charge on any atom is 0.341 e. The highest BCUT2D eigenvalue weighted by atomic mass is 32.1. The molecule has 0 saturated heterocycles. The Kier molecular flexibility index (Phi) is 6.78. The first-order valence-corrected chi connectivity index (χ1v) is 10.1. The molecule has 1 aromatic carbocycles. The molecule has 0 aliphatic heterocycles. The summed E-state index contributed by atoms with van der Waals surface area (Å²) in [5.74, 6) is 0.231. The van der Waals surface area contributed by atoms with Crippen LogP contribution in [0.1, 0.15) is 46.1 Å². The number of rotatable bonds is 8. The van der Waals surface area contributed by atoms with Crippen molar-refractivity contribution in [2.45, 2.75) is 33.7 Å². The third-order valence-electron chi connectivity index (χ3n) is 4.67. The second kappa shape index (κ2) is 9.49. The number of nitrogens with one attached hydrogen (secondary N) is 2. The molecule has 3 rings (SSSR count). The molecule has 2 N–H and O–H groups in total. The van der Waals surface area contributed by atoms with Gasteiger partial charge in [0.1, 0.15) is 11.4 Å². The van der Waals surface area contributed by atoms with Crippen LogP contribution in [0.25, 0.3) is 5.69 Å². The van der Waals surface area contributed by atoms with Gasteiger partial charge >= 0.3 is 5.97 Å². The first-order chi connectivity index (χ1) is 14.5. The van der Waals surface area contributed by atoms with Crippen molar-refractivity contribution in [3.63, 3.8) is 0 Å². The van der Waals surface area contributed by atoms with Crippen molar-refractivity contribution in [2.75, 3.05) is 13.2 Å². The largest absolute Gasteiger partial charge is 0.462 e. The van der Waals surface area contributed by atoms with Gasteiger partial charge in [-0.05, 0) is 57.3 Å². The van der Waals surface area contributed by atoms with Gasteiger partial charge in [-0.3, -0.25) is 9.89 Å². The molecule has 0 aliphatic rings. The van der Waals surface area contributed by atoms with Crippen LogP contribution < -0.4 is 5.32 Å². The fourth-order valence-corrected chi connectivity index (χ4v) is 3.37. The highest BCUT2D eigenvalue weighted by Crippen LogP contribution is 2.16. The van der Waals surface area contributed by atoms with Gasteiger partial charge in [0, 0.05) is 25.1 Å². The lowest BCUT2D eigenvalue weighted by atomic mass is 10.2. The number of aromatic amines is 1. The number of nitrogens with zero attached hydrogens (tertiary/aromatic N) is 4. The van der Waals surface area contributed by atoms with Gasteiger partial charge < -0.3 is 14.6 Å². The number of benzene rings is 1. The fourth-order valence-electron chi connectivity index (χ4n) is 3.09. The van der Waals surface area contributed by atoms with E-state index in [9.17, 15) is 9.59 Å². The maximum absolute atomic E-state index is 12.4. The molecule has 9 nitrogen and oxygen atoms in total. The SMILES string of the molecule is CCOC(=O)c1cnn(-c2ccc(C(=O)NCCc3n[nH]c(=S)n3CC)cc2)c1C. The van der Waals surface area contributed by atoms with Gasteiger partial charge in [-0.2, -0.15) is 10.2 Å². The molecule has 0 fully saturated rings. The van der Waals surface area contributed by atoms with Crippen molar-refractivity contribution in [1.29, 1.82) is 0 Å². The molecule has 0 radical (unpaired) electrons. The normalized spacial score (nSPS) is 10.8. The predicted molar refractivity (Wildman–Crippen MR) is 113 cm³/mol. The molecule has 1 amide bonds. The summed E-state index contributed by atoms with van der Waals surface area (Å²) in [7, 11) is 0. The molecule has 2 heterocycles. The molecule has 0 saturated carbocycles. The highest BCUT2D eigenvalue weighted by molar-refractivity contribution is 7.71. The molecule has 0 atom stereocenters. The second-order valence-electron chi connectivity index (χ2n) is 6.52. The van der Waals surface area contributed by atoms with Gasteiger partial charge in [-0.1, -0.05) is 0 Å². The van der Waals surface area contributed by atoms with Gasteiger partial charge in [0.05, 0.1) is 24.2 Å². The van der Waals surface area contributed by atoms with E-state index in [1.807, 2.05) is 11.5 Å². The van der Waals surface area contributed by atoms with Crippen molar-refractivity contribution >= 4 is 24.1 Å². The van der Waals surface area contributed by atoms with E-state index in [0.717, 1.165) is 18.1 Å². The van der Waals surface area contributed by atoms with E-state index in [2.05, 4.69) is 20.6 Å². The molecular formula is C20H24N6O3S. The molecule has 0 unspecified atom stereocenters. The summed E-state index contributed by atoms with van der Waals surface area (Å²) in [5.41, 5.74) is 2.38. The third kappa shape index (κ3) is 4.48. The number of carbonyl (C=O) groups excluding carboxylic acids is 2. The van der Waals surface area contributed by atoms with Gasteiger partial charge in [-0.15, -0.1) is 0 Å². The molecule has 0 aliphatic carbocycles. The number of hydrogen-bond donors (Lipinski definition) is 2. The van der Waals surface area contributed by atoms with Crippen molar-refractivity contribution in [1.82, 2.24) is 29.9 Å². The summed E-state index contributed by atoms with van der Waals surface area (Å²) in [4.78, 5) is 24.4. The Morgan fingerprint density at radius 1 is 1.23 bits per heavy atom. The zero-order chi connectivity index (χ0) is 21.7. The summed E-state index contributed by atoms with van der Waals surface area (Å²) in [5, 5.41) is 14.1. The number of aromatic nitrogens is 5. The van der Waals surface area contributed by atoms with Crippen LogP contribution in [0.3, 0.4) is 0 Å². The molecule has 0 bridgehead atoms. The zero-order valence-corrected chi connectivity index (χ0v) is 18.0. The standard InChI is InChI=1S/C20H24N6O3S/c1-4-25-17(23-24-20(25)30)10-11-21-18(27)14-6-8-15(9-7-14)26-13(3)16(12-22-26)19(28)29-5-2/h6-9,12H,4-5,10-11H2,1-3H3,(H,21,27)(H,24,30). The average molecular weight is 429 g/mol. The minimum Gasteiger partial charge on any atom is -0.462 e. The van der Waals surface area contributed by atoms with Crippen LogP contribution >= 0.6 is 12.2 Å². The third-order valence-corrected chi connectivity index (χ3v) is 4.98. The minimum atomic E-state index is -0.401. The number of amides is 1. The Morgan fingerprint density at radius 3 is 2.63 bits per heavy atom. The number of ether oxygens (including phenoxy) is 1. The molecule has 158 valence electrons. The summed E-state index contributed by atoms with van der Waals surface area (Å²) in [6, 6.07) is 7.01. The maximum atomic E-state index is 12.4. The van der Waals surface area contributed by atoms with Gasteiger partial charge in [-0.25, -0.2) is 9.48 Å². The van der Waals surface area contributed by atoms with Crippen molar-refractivity contribution in [3.8, 4) is 5.69 Å². The van der Waals surface area contributed by atoms with E-state index in [1.165, 1.54) is 6.20 Å². The van der Waals surface area contributed by atoms with E-state index in [4.69, 9.17) is 17.0 Å². The Hall–Kier alpha value is -3.27. The lowest BCUT2D eigenvalue weighted by molar-refractivity contribution is 0.0525. The van der Waals surface area contributed by atoms with Crippen LogP contribution in [0.2, 0.25) is 0 Å². The number of esters is 1. The van der Waals surface area contributed by atoms with E-state index in [1.54, 1.807) is 42.8 Å². The van der Waals surface area contributed by atoms with Crippen LogP contribution in [-0.4, -0.2) is 49.6 Å². The van der Waals surface area contributed by atoms with E-state index < -0.39 is 5.97 Å². The van der Waals surface area contributed by atoms with Crippen LogP contribution in [0.15, 0.2) is 30.5 Å². The summed E-state index contributed by atoms with van der Waals surface area (Å²) < 4.78 is 9.15. The quantitative estimate of drug-likeness (QED) is 0.422. The Balaban J connectivity index is 1.63.